The van der Waals surface area contributed by atoms with Crippen LogP contribution in [0.3, 0.4) is 0 Å². The largest absolute Gasteiger partial charge is 0.460 e. The monoisotopic (exact) mass is 916 g/mol. The molecule has 1 aliphatic rings. The van der Waals surface area contributed by atoms with Gasteiger partial charge in [-0.1, -0.05) is 0 Å². The van der Waals surface area contributed by atoms with Crippen LogP contribution in [-0.2, 0) is 4.74 Å². The van der Waals surface area contributed by atoms with Gasteiger partial charge in [-0.05, 0) is 0 Å². The van der Waals surface area contributed by atoms with Crippen molar-refractivity contribution in [2.45, 2.75) is 107 Å². The highest BCUT2D eigenvalue weighted by Crippen LogP contribution is 2.72. The van der Waals surface area contributed by atoms with Crippen molar-refractivity contribution in [1.82, 2.24) is 0 Å². The van der Waals surface area contributed by atoms with Crippen LogP contribution >= 0.6 is 0 Å². The Hall–Kier alpha value is -2.56. The maximum Gasteiger partial charge on any atom is 0.460 e. The fourth-order valence-corrected chi connectivity index (χ4v) is 3.34. The molecule has 0 saturated carbocycles. The van der Waals surface area contributed by atoms with E-state index in [2.05, 4.69) is 0 Å². The van der Waals surface area contributed by atoms with Crippen molar-refractivity contribution in [3.05, 3.63) is 0 Å². The number of halogens is 36. The Morgan fingerprint density at radius 1 is 0.218 bits per heavy atom. The van der Waals surface area contributed by atoms with Gasteiger partial charge in [0.25, 0.3) is 0 Å². The quantitative estimate of drug-likeness (QED) is 0.118. The first-order valence-electron chi connectivity index (χ1n) is 11.5. The number of rotatable bonds is 15. The average molecular weight is 916 g/mol. The SMILES string of the molecule is FC(F)(F)C(F)(F)C(F)(F)C(F)(F)C(F)(F)C(F)(F)C(F)(F)C(F)(F)C(F)(F)C(F)(F)C(F)(F)C(F)(F)C(F)(F)C(F)(F)C(F)(F)C(F)(F)C1(F)OC1(F)F. The van der Waals surface area contributed by atoms with E-state index in [0.717, 1.165) is 0 Å². The summed E-state index contributed by atoms with van der Waals surface area (Å²) in [5.41, 5.74) is 0. The minimum absolute atomic E-state index is 1.79. The van der Waals surface area contributed by atoms with E-state index in [4.69, 9.17) is 0 Å². The second-order valence-electron chi connectivity index (χ2n) is 10.3. The molecule has 1 saturated heterocycles. The smallest absolute Gasteiger partial charge is 0.265 e. The Balaban J connectivity index is 4.04. The van der Waals surface area contributed by atoms with Crippen molar-refractivity contribution < 1.29 is 163 Å². The molecule has 55 heavy (non-hydrogen) atoms. The summed E-state index contributed by atoms with van der Waals surface area (Å²) in [6, 6.07) is 0. The minimum atomic E-state index is -10.4. The Morgan fingerprint density at radius 3 is 0.473 bits per heavy atom. The van der Waals surface area contributed by atoms with Crippen LogP contribution in [0.15, 0.2) is 0 Å². The normalized spacial score (nSPS) is 21.6. The van der Waals surface area contributed by atoms with Gasteiger partial charge < -0.3 is 0 Å². The summed E-state index contributed by atoms with van der Waals surface area (Å²) < 4.78 is 484. The molecule has 37 heteroatoms. The standard InChI is InChI=1S/C18F36O/c19-1(20,3(23,24)5(27,28)7(31,32)9(35,36)11(39,40)13(43,44)15(47,48)17(50,51)52)2(21,22)4(25,26)6(29,30)8(33,34)10(37,38)12(41,42)14(45,46)16(49)18(53,54)55-16. The molecule has 0 N–H and O–H groups in total. The molecule has 1 aliphatic heterocycles. The molecule has 330 valence electrons. The zero-order valence-electron chi connectivity index (χ0n) is 23.0. The van der Waals surface area contributed by atoms with Crippen LogP contribution in [0.4, 0.5) is 158 Å². The molecule has 0 radical (unpaired) electrons. The average Bonchev–Trinajstić information content (AvgIpc) is 3.49. The van der Waals surface area contributed by atoms with E-state index in [-0.39, 0.29) is 0 Å². The zero-order chi connectivity index (χ0) is 45.7. The first-order valence-corrected chi connectivity index (χ1v) is 11.5. The predicted molar refractivity (Wildman–Crippen MR) is 90.1 cm³/mol. The van der Waals surface area contributed by atoms with Crippen LogP contribution in [0.5, 0.6) is 0 Å². The van der Waals surface area contributed by atoms with Crippen molar-refractivity contribution in [2.24, 2.45) is 0 Å². The van der Waals surface area contributed by atoms with Gasteiger partial charge in [0, 0.05) is 0 Å². The van der Waals surface area contributed by atoms with Crippen LogP contribution < -0.4 is 0 Å². The molecular weight excluding hydrogens is 916 g/mol. The maximum absolute atomic E-state index is 13.8. The van der Waals surface area contributed by atoms with E-state index in [9.17, 15) is 158 Å². The molecule has 0 aromatic carbocycles. The highest BCUT2D eigenvalue weighted by Gasteiger charge is 3.04. The molecule has 0 aromatic heterocycles. The summed E-state index contributed by atoms with van der Waals surface area (Å²) in [6.07, 6.45) is -15.0. The lowest BCUT2D eigenvalue weighted by atomic mass is 9.82. The van der Waals surface area contributed by atoms with Gasteiger partial charge >= 0.3 is 107 Å². The Kier molecular flexibility index (Phi) is 10.6. The molecule has 0 spiro atoms. The Morgan fingerprint density at radius 2 is 0.345 bits per heavy atom. The molecule has 1 rings (SSSR count). The van der Waals surface area contributed by atoms with Crippen molar-refractivity contribution in [1.29, 1.82) is 0 Å². The van der Waals surface area contributed by atoms with Crippen LogP contribution in [-0.4, -0.2) is 107 Å². The van der Waals surface area contributed by atoms with Gasteiger partial charge in [-0.3, -0.25) is 4.74 Å². The van der Waals surface area contributed by atoms with Crippen molar-refractivity contribution in [2.75, 3.05) is 0 Å². The minimum Gasteiger partial charge on any atom is -0.265 e. The van der Waals surface area contributed by atoms with E-state index < -0.39 is 107 Å². The Labute approximate surface area is 271 Å². The van der Waals surface area contributed by atoms with Gasteiger partial charge in [0.15, 0.2) is 0 Å². The molecule has 1 atom stereocenters. The third kappa shape index (κ3) is 5.27. The number of epoxide rings is 1. The van der Waals surface area contributed by atoms with Gasteiger partial charge in [0.2, 0.25) is 0 Å². The van der Waals surface area contributed by atoms with Crippen LogP contribution in [0, 0.1) is 0 Å². The van der Waals surface area contributed by atoms with Gasteiger partial charge in [-0.2, -0.15) is 158 Å². The first-order chi connectivity index (χ1) is 23.0. The number of hydrogen-bond acceptors (Lipinski definition) is 1. The molecule has 0 aliphatic carbocycles. The van der Waals surface area contributed by atoms with Gasteiger partial charge in [-0.15, -0.1) is 0 Å². The Bertz CT molecular complexity index is 1460. The third-order valence-corrected chi connectivity index (χ3v) is 6.88. The van der Waals surface area contributed by atoms with E-state index in [1.165, 1.54) is 0 Å². The van der Waals surface area contributed by atoms with Gasteiger partial charge in [-0.25, -0.2) is 0 Å². The lowest BCUT2D eigenvalue weighted by Gasteiger charge is -2.46. The van der Waals surface area contributed by atoms with Crippen LogP contribution in [0.2, 0.25) is 0 Å². The number of alkyl halides is 36. The molecule has 0 amide bonds. The lowest BCUT2D eigenvalue weighted by molar-refractivity contribution is -0.491. The third-order valence-electron chi connectivity index (χ3n) is 6.88. The van der Waals surface area contributed by atoms with Gasteiger partial charge in [0.05, 0.1) is 0 Å². The molecule has 1 nitrogen and oxygen atoms in total. The molecule has 1 unspecified atom stereocenters. The molecule has 1 heterocycles. The summed E-state index contributed by atoms with van der Waals surface area (Å²) in [4.78, 5) is 0. The molecule has 0 aromatic rings. The molecular formula is C18F36O. The van der Waals surface area contributed by atoms with Crippen molar-refractivity contribution >= 4 is 0 Å². The summed E-state index contributed by atoms with van der Waals surface area (Å²) >= 11 is 0. The van der Waals surface area contributed by atoms with Crippen LogP contribution in [0.25, 0.3) is 0 Å². The van der Waals surface area contributed by atoms with Gasteiger partial charge in [0.1, 0.15) is 0 Å². The fourth-order valence-electron chi connectivity index (χ4n) is 3.34. The number of ether oxygens (including phenoxy) is 1. The second kappa shape index (κ2) is 11.6. The van der Waals surface area contributed by atoms with Crippen molar-refractivity contribution in [3.8, 4) is 0 Å². The molecule has 1 fully saturated rings. The fraction of sp³-hybridized carbons (Fsp3) is 1.00. The predicted octanol–water partition coefficient (Wildman–Crippen LogP) is 11.4. The van der Waals surface area contributed by atoms with E-state index >= 15 is 0 Å². The van der Waals surface area contributed by atoms with E-state index in [0.29, 0.717) is 0 Å². The highest BCUT2D eigenvalue weighted by molar-refractivity contribution is 5.23. The zero-order valence-corrected chi connectivity index (χ0v) is 23.0. The molecule has 0 bridgehead atoms. The summed E-state index contributed by atoms with van der Waals surface area (Å²) in [7, 11) is 0. The second-order valence-corrected chi connectivity index (χ2v) is 10.3. The lowest BCUT2D eigenvalue weighted by Crippen LogP contribution is -2.80. The highest BCUT2D eigenvalue weighted by atomic mass is 19.4. The van der Waals surface area contributed by atoms with E-state index in [1.807, 2.05) is 0 Å². The van der Waals surface area contributed by atoms with Crippen LogP contribution in [0.1, 0.15) is 0 Å². The first kappa shape index (κ1) is 50.5. The number of hydrogen-bond donors (Lipinski definition) is 0. The summed E-state index contributed by atoms with van der Waals surface area (Å²) in [6.45, 7) is 0. The topological polar surface area (TPSA) is 12.5 Å². The van der Waals surface area contributed by atoms with E-state index in [1.54, 1.807) is 4.74 Å². The summed E-state index contributed by atoms with van der Waals surface area (Å²) in [5, 5.41) is 0. The summed E-state index contributed by atoms with van der Waals surface area (Å²) in [5.74, 6) is -155. The maximum atomic E-state index is 13.8. The van der Waals surface area contributed by atoms with Crippen molar-refractivity contribution in [3.63, 3.8) is 0 Å².